The summed E-state index contributed by atoms with van der Waals surface area (Å²) in [4.78, 5) is 31.5. The first-order valence-corrected chi connectivity index (χ1v) is 10.9. The highest BCUT2D eigenvalue weighted by molar-refractivity contribution is 5.82. The second kappa shape index (κ2) is 8.40. The molecule has 4 rings (SSSR count). The van der Waals surface area contributed by atoms with Gasteiger partial charge in [-0.25, -0.2) is 4.98 Å². The van der Waals surface area contributed by atoms with E-state index >= 15 is 4.39 Å². The summed E-state index contributed by atoms with van der Waals surface area (Å²) in [6.07, 6.45) is -4.21. The first kappa shape index (κ1) is 23.2. The van der Waals surface area contributed by atoms with Crippen molar-refractivity contribution in [1.29, 1.82) is 0 Å². The van der Waals surface area contributed by atoms with Crippen molar-refractivity contribution in [2.24, 2.45) is 11.3 Å². The van der Waals surface area contributed by atoms with Crippen LogP contribution in [0.5, 0.6) is 0 Å². The van der Waals surface area contributed by atoms with E-state index in [-0.39, 0.29) is 49.1 Å². The lowest BCUT2D eigenvalue weighted by Crippen LogP contribution is -2.46. The minimum atomic E-state index is -4.71. The maximum Gasteiger partial charge on any atom is 0.396 e. The van der Waals surface area contributed by atoms with Gasteiger partial charge in [-0.1, -0.05) is 0 Å². The third-order valence-electron chi connectivity index (χ3n) is 7.06. The molecule has 0 radical (unpaired) electrons. The fourth-order valence-electron chi connectivity index (χ4n) is 4.90. The third kappa shape index (κ3) is 3.83. The van der Waals surface area contributed by atoms with E-state index in [1.165, 1.54) is 0 Å². The van der Waals surface area contributed by atoms with Gasteiger partial charge in [0.2, 0.25) is 5.82 Å². The number of aromatic nitrogens is 2. The number of ether oxygens (including phenoxy) is 2. The van der Waals surface area contributed by atoms with Gasteiger partial charge in [-0.05, 0) is 26.7 Å². The molecule has 1 aromatic rings. The van der Waals surface area contributed by atoms with Crippen LogP contribution in [-0.2, 0) is 20.8 Å². The van der Waals surface area contributed by atoms with Gasteiger partial charge in [-0.3, -0.25) is 14.2 Å². The van der Waals surface area contributed by atoms with E-state index < -0.39 is 41.9 Å². The number of anilines is 1. The largest absolute Gasteiger partial charge is 0.396 e. The van der Waals surface area contributed by atoms with Crippen molar-refractivity contribution in [2.75, 3.05) is 37.9 Å². The predicted octanol–water partition coefficient (Wildman–Crippen LogP) is 2.66. The molecule has 2 saturated heterocycles. The van der Waals surface area contributed by atoms with Gasteiger partial charge in [-0.15, -0.1) is 0 Å². The van der Waals surface area contributed by atoms with Crippen LogP contribution in [0.4, 0.5) is 23.4 Å². The van der Waals surface area contributed by atoms with Gasteiger partial charge in [0.15, 0.2) is 5.82 Å². The molecular formula is C21H27F4N3O4. The number of morpholine rings is 1. The molecule has 2 fully saturated rings. The fourth-order valence-corrected chi connectivity index (χ4v) is 4.90. The zero-order chi connectivity index (χ0) is 23.3. The summed E-state index contributed by atoms with van der Waals surface area (Å²) in [6.45, 7) is 3.58. The summed E-state index contributed by atoms with van der Waals surface area (Å²) in [5.41, 5.74) is -3.55. The molecule has 178 valence electrons. The molecule has 1 aromatic heterocycles. The molecule has 1 unspecified atom stereocenters. The average Bonchev–Trinajstić information content (AvgIpc) is 3.05. The summed E-state index contributed by atoms with van der Waals surface area (Å²) in [6, 6.07) is -0.300. The van der Waals surface area contributed by atoms with Crippen molar-refractivity contribution in [2.45, 2.75) is 57.8 Å². The highest BCUT2D eigenvalue weighted by Crippen LogP contribution is 2.54. The van der Waals surface area contributed by atoms with Crippen LogP contribution >= 0.6 is 0 Å². The van der Waals surface area contributed by atoms with Crippen LogP contribution < -0.4 is 10.5 Å². The molecule has 0 aromatic carbocycles. The Bertz CT molecular complexity index is 944. The Morgan fingerprint density at radius 2 is 1.91 bits per heavy atom. The van der Waals surface area contributed by atoms with Gasteiger partial charge < -0.3 is 14.4 Å². The van der Waals surface area contributed by atoms with Crippen LogP contribution in [0.15, 0.2) is 4.79 Å². The highest BCUT2D eigenvalue weighted by atomic mass is 19.4. The molecular weight excluding hydrogens is 434 g/mol. The molecule has 0 bridgehead atoms. The summed E-state index contributed by atoms with van der Waals surface area (Å²) >= 11 is 0. The van der Waals surface area contributed by atoms with Gasteiger partial charge in [0.05, 0.1) is 24.7 Å². The van der Waals surface area contributed by atoms with Crippen LogP contribution in [0.1, 0.15) is 44.9 Å². The number of ketones is 1. The number of halogens is 4. The zero-order valence-corrected chi connectivity index (χ0v) is 18.1. The molecule has 0 saturated carbocycles. The number of rotatable bonds is 4. The first-order valence-electron chi connectivity index (χ1n) is 10.9. The van der Waals surface area contributed by atoms with Crippen molar-refractivity contribution in [3.05, 3.63) is 22.0 Å². The molecule has 4 heterocycles. The molecule has 7 nitrogen and oxygen atoms in total. The molecule has 3 aliphatic rings. The van der Waals surface area contributed by atoms with E-state index in [4.69, 9.17) is 9.47 Å². The van der Waals surface area contributed by atoms with Crippen molar-refractivity contribution >= 4 is 11.6 Å². The summed E-state index contributed by atoms with van der Waals surface area (Å²) in [5.74, 6) is -3.69. The highest BCUT2D eigenvalue weighted by Gasteiger charge is 2.61. The number of alkyl halides is 3. The molecule has 3 atom stereocenters. The molecule has 3 aliphatic heterocycles. The lowest BCUT2D eigenvalue weighted by atomic mass is 9.74. The van der Waals surface area contributed by atoms with E-state index in [1.807, 2.05) is 0 Å². The molecule has 0 N–H and O–H groups in total. The Balaban J connectivity index is 1.77. The quantitative estimate of drug-likeness (QED) is 0.642. The number of hydrogen-bond donors (Lipinski definition) is 0. The van der Waals surface area contributed by atoms with Crippen LogP contribution in [-0.4, -0.2) is 60.5 Å². The van der Waals surface area contributed by atoms with Crippen molar-refractivity contribution in [3.63, 3.8) is 0 Å². The maximum absolute atomic E-state index is 15.0. The third-order valence-corrected chi connectivity index (χ3v) is 7.06. The SMILES string of the molecule is C[C@@H]1COCCN1c1nc2n(c(=O)c1F)C[C@@](C)(C(F)(F)F)C2CC(=O)C1CCOCC1. The predicted molar refractivity (Wildman–Crippen MR) is 106 cm³/mol. The van der Waals surface area contributed by atoms with E-state index in [0.29, 0.717) is 26.1 Å². The molecule has 0 aliphatic carbocycles. The van der Waals surface area contributed by atoms with Crippen molar-refractivity contribution < 1.29 is 31.8 Å². The molecule has 0 amide bonds. The normalized spacial score (nSPS) is 29.2. The number of nitrogens with zero attached hydrogens (tertiary/aromatic N) is 3. The monoisotopic (exact) mass is 461 g/mol. The Kier molecular flexibility index (Phi) is 6.08. The van der Waals surface area contributed by atoms with Gasteiger partial charge in [0.1, 0.15) is 11.6 Å². The number of carbonyl (C=O) groups is 1. The first-order chi connectivity index (χ1) is 15.0. The minimum absolute atomic E-state index is 0.176. The standard InChI is InChI=1S/C21H27F4N3O4/c1-12-10-32-8-5-27(12)18-16(22)19(30)28-11-20(2,21(23,24)25)14(17(28)26-18)9-15(29)13-3-6-31-7-4-13/h12-14H,3-11H2,1-2H3/t12-,14?,20-/m1/s1. The number of Topliss-reactive ketones (excluding diaryl/α,β-unsaturated/α-hetero) is 1. The molecule has 0 spiro atoms. The average molecular weight is 461 g/mol. The van der Waals surface area contributed by atoms with Gasteiger partial charge in [0.25, 0.3) is 5.56 Å². The van der Waals surface area contributed by atoms with Gasteiger partial charge in [-0.2, -0.15) is 17.6 Å². The minimum Gasteiger partial charge on any atom is -0.381 e. The second-order valence-electron chi connectivity index (χ2n) is 9.14. The lowest BCUT2D eigenvalue weighted by Gasteiger charge is -2.35. The second-order valence-corrected chi connectivity index (χ2v) is 9.14. The Labute approximate surface area is 182 Å². The van der Waals surface area contributed by atoms with Crippen LogP contribution in [0.25, 0.3) is 0 Å². The van der Waals surface area contributed by atoms with Gasteiger partial charge >= 0.3 is 6.18 Å². The van der Waals surface area contributed by atoms with E-state index in [1.54, 1.807) is 11.8 Å². The molecule has 11 heteroatoms. The topological polar surface area (TPSA) is 73.7 Å². The van der Waals surface area contributed by atoms with Crippen LogP contribution in [0.3, 0.4) is 0 Å². The van der Waals surface area contributed by atoms with Crippen molar-refractivity contribution in [1.82, 2.24) is 9.55 Å². The van der Waals surface area contributed by atoms with E-state index in [0.717, 1.165) is 11.5 Å². The number of fused-ring (bicyclic) bond motifs is 1. The van der Waals surface area contributed by atoms with Gasteiger partial charge in [0, 0.05) is 44.6 Å². The van der Waals surface area contributed by atoms with E-state index in [9.17, 15) is 22.8 Å². The Morgan fingerprint density at radius 3 is 2.53 bits per heavy atom. The fraction of sp³-hybridized carbons (Fsp3) is 0.762. The van der Waals surface area contributed by atoms with E-state index in [2.05, 4.69) is 4.98 Å². The van der Waals surface area contributed by atoms with Crippen LogP contribution in [0, 0.1) is 17.2 Å². The smallest absolute Gasteiger partial charge is 0.381 e. The maximum atomic E-state index is 15.0. The number of carbonyl (C=O) groups excluding carboxylic acids is 1. The van der Waals surface area contributed by atoms with Crippen LogP contribution in [0.2, 0.25) is 0 Å². The summed E-state index contributed by atoms with van der Waals surface area (Å²) < 4.78 is 69.0. The number of hydrogen-bond acceptors (Lipinski definition) is 6. The lowest BCUT2D eigenvalue weighted by molar-refractivity contribution is -0.225. The Morgan fingerprint density at radius 1 is 1.22 bits per heavy atom. The summed E-state index contributed by atoms with van der Waals surface area (Å²) in [5, 5.41) is 0. The van der Waals surface area contributed by atoms with Crippen molar-refractivity contribution in [3.8, 4) is 0 Å². The zero-order valence-electron chi connectivity index (χ0n) is 18.1. The molecule has 32 heavy (non-hydrogen) atoms. The summed E-state index contributed by atoms with van der Waals surface area (Å²) in [7, 11) is 0. The Hall–Kier alpha value is -2.01.